The van der Waals surface area contributed by atoms with Gasteiger partial charge in [-0.2, -0.15) is 5.10 Å². The van der Waals surface area contributed by atoms with Gasteiger partial charge in [-0.3, -0.25) is 4.79 Å². The van der Waals surface area contributed by atoms with Gasteiger partial charge in [-0.1, -0.05) is 37.7 Å². The van der Waals surface area contributed by atoms with Crippen LogP contribution in [0.3, 0.4) is 0 Å². The quantitative estimate of drug-likeness (QED) is 0.384. The van der Waals surface area contributed by atoms with Crippen molar-refractivity contribution < 1.29 is 4.79 Å². The highest BCUT2D eigenvalue weighted by atomic mass is 32.2. The smallest absolute Gasteiger partial charge is 0.252 e. The predicted octanol–water partition coefficient (Wildman–Crippen LogP) is 4.47. The first kappa shape index (κ1) is 22.9. The highest BCUT2D eigenvalue weighted by Crippen LogP contribution is 2.30. The lowest BCUT2D eigenvalue weighted by Crippen LogP contribution is -2.30. The van der Waals surface area contributed by atoms with Crippen LogP contribution in [0, 0.1) is 0 Å². The third kappa shape index (κ3) is 5.20. The van der Waals surface area contributed by atoms with Crippen LogP contribution < -0.4 is 10.2 Å². The molecule has 0 atom stereocenters. The highest BCUT2D eigenvalue weighted by molar-refractivity contribution is 7.99. The summed E-state index contributed by atoms with van der Waals surface area (Å²) in [7, 11) is 0. The minimum atomic E-state index is -0.0638. The van der Waals surface area contributed by atoms with Crippen molar-refractivity contribution >= 4 is 46.3 Å². The molecule has 2 aromatic heterocycles. The summed E-state index contributed by atoms with van der Waals surface area (Å²) in [6.07, 6.45) is 7.50. The molecule has 1 fully saturated rings. The molecular weight excluding hydrogens is 440 g/mol. The zero-order valence-electron chi connectivity index (χ0n) is 18.9. The monoisotopic (exact) mass is 470 g/mol. The minimum absolute atomic E-state index is 0.0638. The Balaban J connectivity index is 1.54. The molecule has 1 aromatic carbocycles. The summed E-state index contributed by atoms with van der Waals surface area (Å²) >= 11 is 3.25. The summed E-state index contributed by atoms with van der Waals surface area (Å²) in [6.45, 7) is 7.38. The molecule has 0 saturated carbocycles. The van der Waals surface area contributed by atoms with E-state index in [0.29, 0.717) is 23.9 Å². The molecule has 0 aliphatic carbocycles. The van der Waals surface area contributed by atoms with Crippen LogP contribution in [0.1, 0.15) is 43.5 Å². The molecule has 170 valence electrons. The van der Waals surface area contributed by atoms with Gasteiger partial charge < -0.3 is 10.2 Å². The number of piperidine rings is 1. The lowest BCUT2D eigenvalue weighted by atomic mass is 10.1. The van der Waals surface area contributed by atoms with Crippen molar-refractivity contribution in [3.05, 3.63) is 36.0 Å². The molecule has 1 amide bonds. The number of hydrogen-bond acceptors (Lipinski definition) is 7. The maximum Gasteiger partial charge on any atom is 0.252 e. The first-order valence-electron chi connectivity index (χ1n) is 11.1. The van der Waals surface area contributed by atoms with Crippen LogP contribution in [-0.2, 0) is 6.54 Å². The van der Waals surface area contributed by atoms with Crippen LogP contribution in [0.5, 0.6) is 0 Å². The van der Waals surface area contributed by atoms with Crippen molar-refractivity contribution in [1.29, 1.82) is 0 Å². The van der Waals surface area contributed by atoms with Gasteiger partial charge >= 0.3 is 0 Å². The average molecular weight is 471 g/mol. The number of thioether (sulfide) groups is 2. The second-order valence-electron chi connectivity index (χ2n) is 8.11. The molecule has 1 N–H and O–H groups in total. The summed E-state index contributed by atoms with van der Waals surface area (Å²) in [5.41, 5.74) is 1.54. The number of amides is 1. The van der Waals surface area contributed by atoms with Gasteiger partial charge in [0.05, 0.1) is 23.7 Å². The highest BCUT2D eigenvalue weighted by Gasteiger charge is 2.20. The molecule has 0 radical (unpaired) electrons. The summed E-state index contributed by atoms with van der Waals surface area (Å²) < 4.78 is 1.88. The van der Waals surface area contributed by atoms with Crippen molar-refractivity contribution in [1.82, 2.24) is 25.1 Å². The van der Waals surface area contributed by atoms with Crippen molar-refractivity contribution in [3.63, 3.8) is 0 Å². The van der Waals surface area contributed by atoms with Gasteiger partial charge in [-0.25, -0.2) is 14.6 Å². The van der Waals surface area contributed by atoms with E-state index in [0.717, 1.165) is 40.0 Å². The summed E-state index contributed by atoms with van der Waals surface area (Å²) in [4.78, 5) is 25.7. The van der Waals surface area contributed by atoms with Crippen LogP contribution in [0.25, 0.3) is 11.0 Å². The maximum atomic E-state index is 12.7. The molecule has 0 bridgehead atoms. The number of carbonyl (C=O) groups is 1. The van der Waals surface area contributed by atoms with E-state index in [1.54, 1.807) is 23.5 Å². The molecule has 3 heterocycles. The second kappa shape index (κ2) is 10.6. The number of benzene rings is 1. The lowest BCUT2D eigenvalue weighted by molar-refractivity contribution is 0.0949. The molecular formula is C23H30N6OS2. The molecule has 1 saturated heterocycles. The predicted molar refractivity (Wildman–Crippen MR) is 133 cm³/mol. The zero-order valence-corrected chi connectivity index (χ0v) is 20.5. The third-order valence-electron chi connectivity index (χ3n) is 5.41. The van der Waals surface area contributed by atoms with E-state index >= 15 is 0 Å². The number of aromatic nitrogens is 4. The van der Waals surface area contributed by atoms with Gasteiger partial charge in [0, 0.05) is 29.8 Å². The standard InChI is InChI=1S/C23H30N6OS2/c1-16(2)32-23-26-20(28-12-7-4-8-13-28)18-15-25-29(21(18)27-23)14-11-24-22(30)17-9-5-6-10-19(17)31-3/h5-6,9-10,15-16H,4,7-8,11-14H2,1-3H3,(H,24,30). The number of fused-ring (bicyclic) bond motifs is 1. The van der Waals surface area contributed by atoms with Gasteiger partial charge in [0.2, 0.25) is 0 Å². The van der Waals surface area contributed by atoms with Crippen LogP contribution in [0.2, 0.25) is 0 Å². The van der Waals surface area contributed by atoms with Crippen LogP contribution in [0.15, 0.2) is 40.5 Å². The maximum absolute atomic E-state index is 12.7. The number of nitrogens with zero attached hydrogens (tertiary/aromatic N) is 5. The number of rotatable bonds is 8. The number of carbonyl (C=O) groups excluding carboxylic acids is 1. The largest absolute Gasteiger partial charge is 0.356 e. The van der Waals surface area contributed by atoms with E-state index in [9.17, 15) is 4.79 Å². The SMILES string of the molecule is CSc1ccccc1C(=O)NCCn1ncc2c(N3CCCCC3)nc(SC(C)C)nc21. The van der Waals surface area contributed by atoms with Crippen LogP contribution in [-0.4, -0.2) is 56.8 Å². The molecule has 7 nitrogen and oxygen atoms in total. The first-order valence-corrected chi connectivity index (χ1v) is 13.2. The van der Waals surface area contributed by atoms with Gasteiger partial charge in [-0.05, 0) is 37.7 Å². The van der Waals surface area contributed by atoms with E-state index in [2.05, 4.69) is 29.2 Å². The molecule has 1 aliphatic heterocycles. The van der Waals surface area contributed by atoms with Gasteiger partial charge in [0.25, 0.3) is 5.91 Å². The van der Waals surface area contributed by atoms with Crippen molar-refractivity contribution in [3.8, 4) is 0 Å². The number of hydrogen-bond donors (Lipinski definition) is 1. The Morgan fingerprint density at radius 1 is 1.16 bits per heavy atom. The lowest BCUT2D eigenvalue weighted by Gasteiger charge is -2.28. The topological polar surface area (TPSA) is 75.9 Å². The van der Waals surface area contributed by atoms with Crippen molar-refractivity contribution in [2.24, 2.45) is 0 Å². The Morgan fingerprint density at radius 2 is 1.94 bits per heavy atom. The summed E-state index contributed by atoms with van der Waals surface area (Å²) in [5.74, 6) is 0.924. The van der Waals surface area contributed by atoms with Gasteiger partial charge in [0.15, 0.2) is 10.8 Å². The first-order chi connectivity index (χ1) is 15.6. The van der Waals surface area contributed by atoms with Gasteiger partial charge in [-0.15, -0.1) is 11.8 Å². The van der Waals surface area contributed by atoms with E-state index in [1.165, 1.54) is 19.3 Å². The fourth-order valence-corrected chi connectivity index (χ4v) is 5.19. The molecule has 9 heteroatoms. The van der Waals surface area contributed by atoms with E-state index in [-0.39, 0.29) is 5.91 Å². The van der Waals surface area contributed by atoms with E-state index in [4.69, 9.17) is 9.97 Å². The Labute approximate surface area is 197 Å². The Morgan fingerprint density at radius 3 is 2.69 bits per heavy atom. The average Bonchev–Trinajstić information content (AvgIpc) is 3.21. The van der Waals surface area contributed by atoms with Crippen LogP contribution >= 0.6 is 23.5 Å². The Kier molecular flexibility index (Phi) is 7.57. The van der Waals surface area contributed by atoms with E-state index in [1.807, 2.05) is 41.4 Å². The number of nitrogens with one attached hydrogen (secondary N) is 1. The Hall–Kier alpha value is -2.26. The zero-order chi connectivity index (χ0) is 22.5. The fourth-order valence-electron chi connectivity index (χ4n) is 3.90. The molecule has 32 heavy (non-hydrogen) atoms. The molecule has 3 aromatic rings. The van der Waals surface area contributed by atoms with Crippen molar-refractivity contribution in [2.75, 3.05) is 30.8 Å². The van der Waals surface area contributed by atoms with E-state index < -0.39 is 0 Å². The summed E-state index contributed by atoms with van der Waals surface area (Å²) in [5, 5.41) is 9.79. The fraction of sp³-hybridized carbons (Fsp3) is 0.478. The summed E-state index contributed by atoms with van der Waals surface area (Å²) in [6, 6.07) is 7.67. The van der Waals surface area contributed by atoms with Crippen LogP contribution in [0.4, 0.5) is 5.82 Å². The normalized spacial score (nSPS) is 14.3. The molecule has 0 spiro atoms. The Bertz CT molecular complexity index is 1080. The minimum Gasteiger partial charge on any atom is -0.356 e. The third-order valence-corrected chi connectivity index (χ3v) is 7.07. The van der Waals surface area contributed by atoms with Crippen molar-refractivity contribution in [2.45, 2.75) is 55.0 Å². The second-order valence-corrected chi connectivity index (χ2v) is 10.5. The van der Waals surface area contributed by atoms with Gasteiger partial charge in [0.1, 0.15) is 5.82 Å². The molecule has 4 rings (SSSR count). The molecule has 1 aliphatic rings. The molecule has 0 unspecified atom stereocenters. The number of anilines is 1.